The molecule has 4 heteroatoms. The lowest BCUT2D eigenvalue weighted by molar-refractivity contribution is -0.125. The van der Waals surface area contributed by atoms with E-state index >= 15 is 0 Å². The SMILES string of the molecule is NC(=O)C1(c2cccnc2)CCN(Cc2ccccc2)CC1. The topological polar surface area (TPSA) is 59.2 Å². The summed E-state index contributed by atoms with van der Waals surface area (Å²) in [6.45, 7) is 2.65. The average Bonchev–Trinajstić information content (AvgIpc) is 2.57. The van der Waals surface area contributed by atoms with Crippen LogP contribution in [-0.4, -0.2) is 28.9 Å². The molecule has 1 aliphatic rings. The van der Waals surface area contributed by atoms with Crippen molar-refractivity contribution in [2.45, 2.75) is 24.8 Å². The number of likely N-dealkylation sites (tertiary alicyclic amines) is 1. The maximum absolute atomic E-state index is 12.1. The molecule has 4 nitrogen and oxygen atoms in total. The van der Waals surface area contributed by atoms with Crippen molar-refractivity contribution in [2.75, 3.05) is 13.1 Å². The van der Waals surface area contributed by atoms with E-state index in [0.29, 0.717) is 0 Å². The van der Waals surface area contributed by atoms with E-state index in [4.69, 9.17) is 5.73 Å². The first-order chi connectivity index (χ1) is 10.7. The predicted molar refractivity (Wildman–Crippen MR) is 86.1 cm³/mol. The number of aromatic nitrogens is 1. The molecule has 1 fully saturated rings. The van der Waals surface area contributed by atoms with Gasteiger partial charge in [0.1, 0.15) is 0 Å². The molecular weight excluding hydrogens is 274 g/mol. The molecule has 0 radical (unpaired) electrons. The number of carbonyl (C=O) groups is 1. The Morgan fingerprint density at radius 2 is 1.86 bits per heavy atom. The van der Waals surface area contributed by atoms with Crippen LogP contribution in [0.5, 0.6) is 0 Å². The van der Waals surface area contributed by atoms with Crippen LogP contribution in [0.25, 0.3) is 0 Å². The monoisotopic (exact) mass is 295 g/mol. The molecule has 114 valence electrons. The second-order valence-electron chi connectivity index (χ2n) is 5.95. The molecule has 0 aliphatic carbocycles. The third-order valence-corrected chi connectivity index (χ3v) is 4.64. The smallest absolute Gasteiger partial charge is 0.228 e. The highest BCUT2D eigenvalue weighted by atomic mass is 16.1. The highest BCUT2D eigenvalue weighted by molar-refractivity contribution is 5.86. The zero-order chi connectivity index (χ0) is 15.4. The summed E-state index contributed by atoms with van der Waals surface area (Å²) >= 11 is 0. The van der Waals surface area contributed by atoms with Crippen molar-refractivity contribution < 1.29 is 4.79 Å². The number of pyridine rings is 1. The van der Waals surface area contributed by atoms with Crippen LogP contribution in [0.2, 0.25) is 0 Å². The van der Waals surface area contributed by atoms with Gasteiger partial charge in [-0.1, -0.05) is 36.4 Å². The Balaban J connectivity index is 1.72. The number of primary amides is 1. The van der Waals surface area contributed by atoms with E-state index in [1.165, 1.54) is 5.56 Å². The molecule has 1 aromatic heterocycles. The number of rotatable bonds is 4. The van der Waals surface area contributed by atoms with Crippen LogP contribution in [0.4, 0.5) is 0 Å². The number of hydrogen-bond acceptors (Lipinski definition) is 3. The molecular formula is C18H21N3O. The molecule has 22 heavy (non-hydrogen) atoms. The van der Waals surface area contributed by atoms with E-state index in [2.05, 4.69) is 34.1 Å². The van der Waals surface area contributed by atoms with Gasteiger partial charge in [-0.15, -0.1) is 0 Å². The van der Waals surface area contributed by atoms with E-state index in [0.717, 1.165) is 38.0 Å². The summed E-state index contributed by atoms with van der Waals surface area (Å²) in [5, 5.41) is 0. The van der Waals surface area contributed by atoms with Crippen LogP contribution in [0, 0.1) is 0 Å². The zero-order valence-electron chi connectivity index (χ0n) is 12.6. The Kier molecular flexibility index (Phi) is 4.20. The van der Waals surface area contributed by atoms with Gasteiger partial charge in [0, 0.05) is 18.9 Å². The fourth-order valence-electron chi connectivity index (χ4n) is 3.26. The summed E-state index contributed by atoms with van der Waals surface area (Å²) in [6.07, 6.45) is 5.00. The lowest BCUT2D eigenvalue weighted by Gasteiger charge is -2.39. The third-order valence-electron chi connectivity index (χ3n) is 4.64. The molecule has 1 aliphatic heterocycles. The molecule has 0 bridgehead atoms. The Morgan fingerprint density at radius 1 is 1.14 bits per heavy atom. The first-order valence-electron chi connectivity index (χ1n) is 7.67. The Bertz CT molecular complexity index is 619. The van der Waals surface area contributed by atoms with Crippen LogP contribution in [-0.2, 0) is 16.8 Å². The van der Waals surface area contributed by atoms with Crippen molar-refractivity contribution in [3.8, 4) is 0 Å². The van der Waals surface area contributed by atoms with Gasteiger partial charge in [0.2, 0.25) is 5.91 Å². The number of amides is 1. The van der Waals surface area contributed by atoms with Gasteiger partial charge in [-0.3, -0.25) is 14.7 Å². The van der Waals surface area contributed by atoms with Crippen molar-refractivity contribution in [1.29, 1.82) is 0 Å². The first kappa shape index (κ1) is 14.7. The molecule has 1 saturated heterocycles. The minimum Gasteiger partial charge on any atom is -0.369 e. The maximum Gasteiger partial charge on any atom is 0.228 e. The number of hydrogen-bond donors (Lipinski definition) is 1. The minimum atomic E-state index is -0.568. The predicted octanol–water partition coefficient (Wildman–Crippen LogP) is 2.10. The first-order valence-corrected chi connectivity index (χ1v) is 7.67. The Labute approximate surface area is 131 Å². The van der Waals surface area contributed by atoms with E-state index in [-0.39, 0.29) is 5.91 Å². The van der Waals surface area contributed by atoms with E-state index in [1.807, 2.05) is 18.2 Å². The molecule has 1 aromatic carbocycles. The lowest BCUT2D eigenvalue weighted by Crippen LogP contribution is -2.49. The van der Waals surface area contributed by atoms with Gasteiger partial charge in [0.25, 0.3) is 0 Å². The quantitative estimate of drug-likeness (QED) is 0.939. The molecule has 0 unspecified atom stereocenters. The summed E-state index contributed by atoms with van der Waals surface area (Å²) in [7, 11) is 0. The molecule has 2 N–H and O–H groups in total. The van der Waals surface area contributed by atoms with E-state index in [9.17, 15) is 4.79 Å². The number of piperidine rings is 1. The van der Waals surface area contributed by atoms with E-state index < -0.39 is 5.41 Å². The molecule has 1 amide bonds. The lowest BCUT2D eigenvalue weighted by atomic mass is 9.72. The normalized spacial score (nSPS) is 18.0. The van der Waals surface area contributed by atoms with Crippen molar-refractivity contribution >= 4 is 5.91 Å². The molecule has 0 spiro atoms. The van der Waals surface area contributed by atoms with Gasteiger partial charge >= 0.3 is 0 Å². The van der Waals surface area contributed by atoms with Crippen molar-refractivity contribution in [3.63, 3.8) is 0 Å². The van der Waals surface area contributed by atoms with Crippen LogP contribution < -0.4 is 5.73 Å². The van der Waals surface area contributed by atoms with Crippen molar-refractivity contribution in [3.05, 3.63) is 66.0 Å². The second-order valence-corrected chi connectivity index (χ2v) is 5.95. The van der Waals surface area contributed by atoms with Crippen molar-refractivity contribution in [1.82, 2.24) is 9.88 Å². The van der Waals surface area contributed by atoms with Gasteiger partial charge in [-0.05, 0) is 43.1 Å². The van der Waals surface area contributed by atoms with Crippen LogP contribution in [0.15, 0.2) is 54.9 Å². The van der Waals surface area contributed by atoms with Crippen LogP contribution >= 0.6 is 0 Å². The fourth-order valence-corrected chi connectivity index (χ4v) is 3.26. The van der Waals surface area contributed by atoms with Crippen molar-refractivity contribution in [2.24, 2.45) is 5.73 Å². The molecule has 0 saturated carbocycles. The second kappa shape index (κ2) is 6.28. The summed E-state index contributed by atoms with van der Waals surface area (Å²) in [5.74, 6) is -0.236. The summed E-state index contributed by atoms with van der Waals surface area (Å²) < 4.78 is 0. The van der Waals surface area contributed by atoms with E-state index in [1.54, 1.807) is 12.4 Å². The third kappa shape index (κ3) is 2.88. The van der Waals surface area contributed by atoms with Gasteiger partial charge < -0.3 is 5.73 Å². The molecule has 2 aromatic rings. The average molecular weight is 295 g/mol. The molecule has 3 rings (SSSR count). The highest BCUT2D eigenvalue weighted by Crippen LogP contribution is 2.35. The Morgan fingerprint density at radius 3 is 2.45 bits per heavy atom. The fraction of sp³-hybridized carbons (Fsp3) is 0.333. The van der Waals surface area contributed by atoms with Gasteiger partial charge in [-0.25, -0.2) is 0 Å². The maximum atomic E-state index is 12.1. The van der Waals surface area contributed by atoms with Gasteiger partial charge in [0.15, 0.2) is 0 Å². The summed E-state index contributed by atoms with van der Waals surface area (Å²) in [4.78, 5) is 18.7. The molecule has 0 atom stereocenters. The van der Waals surface area contributed by atoms with Crippen LogP contribution in [0.3, 0.4) is 0 Å². The van der Waals surface area contributed by atoms with Gasteiger partial charge in [-0.2, -0.15) is 0 Å². The highest BCUT2D eigenvalue weighted by Gasteiger charge is 2.41. The number of nitrogens with two attached hydrogens (primary N) is 1. The zero-order valence-corrected chi connectivity index (χ0v) is 12.6. The molecule has 2 heterocycles. The standard InChI is InChI=1S/C18H21N3O/c19-17(22)18(16-7-4-10-20-13-16)8-11-21(12-9-18)14-15-5-2-1-3-6-15/h1-7,10,13H,8-9,11-12,14H2,(H2,19,22). The minimum absolute atomic E-state index is 0.236. The van der Waals surface area contributed by atoms with Crippen LogP contribution in [0.1, 0.15) is 24.0 Å². The number of nitrogens with zero attached hydrogens (tertiary/aromatic N) is 2. The summed E-state index contributed by atoms with van der Waals surface area (Å²) in [5.41, 5.74) is 7.43. The number of carbonyl (C=O) groups excluding carboxylic acids is 1. The Hall–Kier alpha value is -2.20. The number of benzene rings is 1. The largest absolute Gasteiger partial charge is 0.369 e. The summed E-state index contributed by atoms with van der Waals surface area (Å²) in [6, 6.07) is 14.3. The van der Waals surface area contributed by atoms with Gasteiger partial charge in [0.05, 0.1) is 5.41 Å².